The smallest absolute Gasteiger partial charge is 0.266 e. The van der Waals surface area contributed by atoms with Gasteiger partial charge in [0.25, 0.3) is 5.91 Å². The van der Waals surface area contributed by atoms with Gasteiger partial charge in [0.15, 0.2) is 0 Å². The maximum absolute atomic E-state index is 11.9. The van der Waals surface area contributed by atoms with Crippen molar-refractivity contribution in [1.82, 2.24) is 9.47 Å². The van der Waals surface area contributed by atoms with Gasteiger partial charge in [-0.15, -0.1) is 0 Å². The summed E-state index contributed by atoms with van der Waals surface area (Å²) in [5.41, 5.74) is 7.29. The van der Waals surface area contributed by atoms with Crippen molar-refractivity contribution in [3.8, 4) is 0 Å². The molecule has 1 radical (unpaired) electrons. The van der Waals surface area contributed by atoms with Crippen molar-refractivity contribution >= 4 is 22.7 Å². The molecular weight excluding hydrogens is 254 g/mol. The lowest BCUT2D eigenvalue weighted by molar-refractivity contribution is 0.0909. The first kappa shape index (κ1) is 14.3. The standard InChI is InChI=1S/C15H18N3O2/c1-10(19)18-13-7-5-4-6-11(13)12(8-9-17(2)3)14(18)15(16)20/h5-7H,8-9H2,1-3H3,(H2,16,20). The molecule has 1 amide bonds. The van der Waals surface area contributed by atoms with Gasteiger partial charge in [-0.3, -0.25) is 14.2 Å². The predicted molar refractivity (Wildman–Crippen MR) is 77.9 cm³/mol. The molecule has 5 nitrogen and oxygen atoms in total. The molecule has 105 valence electrons. The topological polar surface area (TPSA) is 68.3 Å². The van der Waals surface area contributed by atoms with Crippen LogP contribution in [0.2, 0.25) is 0 Å². The predicted octanol–water partition coefficient (Wildman–Crippen LogP) is 1.30. The number of nitrogens with zero attached hydrogens (tertiary/aromatic N) is 2. The number of carbonyl (C=O) groups is 2. The van der Waals surface area contributed by atoms with Gasteiger partial charge in [0.1, 0.15) is 5.69 Å². The van der Waals surface area contributed by atoms with E-state index >= 15 is 0 Å². The van der Waals surface area contributed by atoms with E-state index in [1.54, 1.807) is 18.2 Å². The fourth-order valence-corrected chi connectivity index (χ4v) is 2.42. The maximum Gasteiger partial charge on any atom is 0.266 e. The summed E-state index contributed by atoms with van der Waals surface area (Å²) in [5.74, 6) is -0.795. The second kappa shape index (κ2) is 5.46. The zero-order valence-corrected chi connectivity index (χ0v) is 11.9. The van der Waals surface area contributed by atoms with E-state index < -0.39 is 5.91 Å². The summed E-state index contributed by atoms with van der Waals surface area (Å²) in [7, 11) is 3.92. The Labute approximate surface area is 118 Å². The van der Waals surface area contributed by atoms with Crippen LogP contribution in [-0.4, -0.2) is 41.9 Å². The van der Waals surface area contributed by atoms with Gasteiger partial charge in [-0.2, -0.15) is 0 Å². The molecular formula is C15H18N3O2. The van der Waals surface area contributed by atoms with Gasteiger partial charge in [-0.05, 0) is 44.3 Å². The number of likely N-dealkylation sites (N-methyl/N-ethyl adjacent to an activating group) is 1. The van der Waals surface area contributed by atoms with Gasteiger partial charge in [0.2, 0.25) is 5.91 Å². The van der Waals surface area contributed by atoms with E-state index in [1.165, 1.54) is 11.5 Å². The molecule has 2 aromatic rings. The lowest BCUT2D eigenvalue weighted by Gasteiger charge is -2.10. The number of nitrogens with two attached hydrogens (primary N) is 1. The molecule has 2 N–H and O–H groups in total. The minimum atomic E-state index is -0.579. The molecule has 0 bridgehead atoms. The Morgan fingerprint density at radius 2 is 2.10 bits per heavy atom. The van der Waals surface area contributed by atoms with Crippen LogP contribution in [0.15, 0.2) is 18.2 Å². The molecule has 0 saturated heterocycles. The number of amides is 1. The quantitative estimate of drug-likeness (QED) is 0.912. The fraction of sp³-hybridized carbons (Fsp3) is 0.333. The second-order valence-electron chi connectivity index (χ2n) is 5.04. The molecule has 0 aliphatic carbocycles. The number of aromatic nitrogens is 1. The van der Waals surface area contributed by atoms with E-state index in [9.17, 15) is 9.59 Å². The van der Waals surface area contributed by atoms with Crippen LogP contribution in [-0.2, 0) is 6.42 Å². The highest BCUT2D eigenvalue weighted by Crippen LogP contribution is 2.26. The van der Waals surface area contributed by atoms with E-state index in [-0.39, 0.29) is 11.6 Å². The second-order valence-corrected chi connectivity index (χ2v) is 5.04. The number of rotatable bonds is 4. The van der Waals surface area contributed by atoms with Crippen LogP contribution in [0.25, 0.3) is 10.9 Å². The Bertz CT molecular complexity index is 671. The summed E-state index contributed by atoms with van der Waals surface area (Å²) in [6, 6.07) is 8.29. The fourth-order valence-electron chi connectivity index (χ4n) is 2.42. The number of primary amides is 1. The van der Waals surface area contributed by atoms with Crippen molar-refractivity contribution in [2.45, 2.75) is 13.3 Å². The Morgan fingerprint density at radius 3 is 2.65 bits per heavy atom. The average Bonchev–Trinajstić information content (AvgIpc) is 2.71. The van der Waals surface area contributed by atoms with Crippen LogP contribution in [0.3, 0.4) is 0 Å². The molecule has 0 saturated carbocycles. The molecule has 0 atom stereocenters. The zero-order valence-electron chi connectivity index (χ0n) is 11.9. The van der Waals surface area contributed by atoms with Crippen molar-refractivity contribution < 1.29 is 9.59 Å². The normalized spacial score (nSPS) is 11.2. The highest BCUT2D eigenvalue weighted by molar-refractivity contribution is 6.06. The van der Waals surface area contributed by atoms with Crippen LogP contribution in [0.1, 0.15) is 27.8 Å². The molecule has 0 unspecified atom stereocenters. The van der Waals surface area contributed by atoms with Gasteiger partial charge in [-0.25, -0.2) is 0 Å². The molecule has 0 aliphatic heterocycles. The minimum Gasteiger partial charge on any atom is -0.364 e. The lowest BCUT2D eigenvalue weighted by Crippen LogP contribution is -2.23. The number of hydrogen-bond acceptors (Lipinski definition) is 3. The third kappa shape index (κ3) is 2.44. The number of fused-ring (bicyclic) bond motifs is 1. The van der Waals surface area contributed by atoms with E-state index in [2.05, 4.69) is 6.07 Å². The first-order valence-corrected chi connectivity index (χ1v) is 6.42. The van der Waals surface area contributed by atoms with Crippen LogP contribution in [0, 0.1) is 6.07 Å². The summed E-state index contributed by atoms with van der Waals surface area (Å²) >= 11 is 0. The molecule has 2 rings (SSSR count). The molecule has 0 aliphatic rings. The van der Waals surface area contributed by atoms with E-state index in [4.69, 9.17) is 5.73 Å². The molecule has 1 aromatic heterocycles. The van der Waals surface area contributed by atoms with E-state index in [1.807, 2.05) is 19.0 Å². The van der Waals surface area contributed by atoms with Crippen molar-refractivity contribution in [3.05, 3.63) is 35.5 Å². The lowest BCUT2D eigenvalue weighted by atomic mass is 10.1. The Hall–Kier alpha value is -2.14. The largest absolute Gasteiger partial charge is 0.364 e. The Balaban J connectivity index is 2.72. The molecule has 20 heavy (non-hydrogen) atoms. The van der Waals surface area contributed by atoms with E-state index in [0.29, 0.717) is 11.9 Å². The van der Waals surface area contributed by atoms with Crippen LogP contribution in [0.4, 0.5) is 0 Å². The number of hydrogen-bond donors (Lipinski definition) is 1. The number of benzene rings is 1. The van der Waals surface area contributed by atoms with Gasteiger partial charge in [0, 0.05) is 18.9 Å². The van der Waals surface area contributed by atoms with Gasteiger partial charge in [0.05, 0.1) is 5.52 Å². The summed E-state index contributed by atoms with van der Waals surface area (Å²) in [5, 5.41) is 0.860. The summed E-state index contributed by atoms with van der Waals surface area (Å²) in [6.45, 7) is 2.20. The molecule has 1 heterocycles. The van der Waals surface area contributed by atoms with Gasteiger partial charge in [-0.1, -0.05) is 6.07 Å². The zero-order chi connectivity index (χ0) is 14.9. The minimum absolute atomic E-state index is 0.217. The maximum atomic E-state index is 11.9. The molecule has 0 fully saturated rings. The third-order valence-electron chi connectivity index (χ3n) is 3.27. The van der Waals surface area contributed by atoms with Crippen LogP contribution in [0.5, 0.6) is 0 Å². The van der Waals surface area contributed by atoms with Crippen LogP contribution < -0.4 is 5.73 Å². The highest BCUT2D eigenvalue weighted by Gasteiger charge is 2.22. The van der Waals surface area contributed by atoms with Gasteiger partial charge < -0.3 is 10.6 Å². The SMILES string of the molecule is CC(=O)n1c(C(N)=O)c(CCN(C)C)c2c[c]ccc21. The van der Waals surface area contributed by atoms with Gasteiger partial charge >= 0.3 is 0 Å². The monoisotopic (exact) mass is 272 g/mol. The van der Waals surface area contributed by atoms with Crippen LogP contribution >= 0.6 is 0 Å². The molecule has 0 spiro atoms. The third-order valence-corrected chi connectivity index (χ3v) is 3.27. The Kier molecular flexibility index (Phi) is 3.90. The first-order valence-electron chi connectivity index (χ1n) is 6.42. The average molecular weight is 272 g/mol. The first-order chi connectivity index (χ1) is 9.43. The molecule has 1 aromatic carbocycles. The van der Waals surface area contributed by atoms with Crippen molar-refractivity contribution in [1.29, 1.82) is 0 Å². The van der Waals surface area contributed by atoms with Crippen molar-refractivity contribution in [3.63, 3.8) is 0 Å². The summed E-state index contributed by atoms with van der Waals surface area (Å²) in [6.07, 6.45) is 0.653. The number of carbonyl (C=O) groups excluding carboxylic acids is 2. The van der Waals surface area contributed by atoms with Crippen molar-refractivity contribution in [2.24, 2.45) is 5.73 Å². The molecule has 5 heteroatoms. The summed E-state index contributed by atoms with van der Waals surface area (Å²) < 4.78 is 1.40. The summed E-state index contributed by atoms with van der Waals surface area (Å²) in [4.78, 5) is 25.7. The Morgan fingerprint density at radius 1 is 1.40 bits per heavy atom. The van der Waals surface area contributed by atoms with Crippen molar-refractivity contribution in [2.75, 3.05) is 20.6 Å². The van der Waals surface area contributed by atoms with E-state index in [0.717, 1.165) is 17.5 Å². The highest BCUT2D eigenvalue weighted by atomic mass is 16.2.